The average molecular weight is 420 g/mol. The number of hydrogen-bond donors (Lipinski definition) is 2. The summed E-state index contributed by atoms with van der Waals surface area (Å²) in [6.45, 7) is 9.00. The quantitative estimate of drug-likeness (QED) is 0.523. The number of nitrogens with zero attached hydrogens (tertiary/aromatic N) is 3. The molecule has 2 aliphatic heterocycles. The fourth-order valence-corrected chi connectivity index (χ4v) is 5.18. The zero-order chi connectivity index (χ0) is 20.6. The third-order valence-electron chi connectivity index (χ3n) is 6.42. The maximum atomic E-state index is 6.28. The Morgan fingerprint density at radius 1 is 1.21 bits per heavy atom. The van der Waals surface area contributed by atoms with Crippen LogP contribution in [0.5, 0.6) is 0 Å². The van der Waals surface area contributed by atoms with Crippen LogP contribution in [-0.2, 0) is 0 Å². The smallest absolute Gasteiger partial charge is 0.190 e. The van der Waals surface area contributed by atoms with Gasteiger partial charge in [-0.3, -0.25) is 9.89 Å². The summed E-state index contributed by atoms with van der Waals surface area (Å²) in [4.78, 5) is 9.52. The average Bonchev–Trinajstić information content (AvgIpc) is 3.16. The van der Waals surface area contributed by atoms with Crippen LogP contribution in [0.4, 0.5) is 0 Å². The molecule has 2 N–H and O–H groups in total. The Bertz CT molecular complexity index is 664. The molecule has 0 aromatic heterocycles. The van der Waals surface area contributed by atoms with E-state index in [0.717, 1.165) is 36.5 Å². The molecule has 0 spiro atoms. The van der Waals surface area contributed by atoms with Crippen LogP contribution >= 0.6 is 11.6 Å². The lowest BCUT2D eigenvalue weighted by Gasteiger charge is -2.40. The SMILES string of the molecule is CCCN1CCC(CNC(=NC)NCC2CCCN(C)C2c2cccc(Cl)c2)C1. The predicted octanol–water partition coefficient (Wildman–Crippen LogP) is 3.62. The van der Waals surface area contributed by atoms with Crippen LogP contribution in [0.3, 0.4) is 0 Å². The van der Waals surface area contributed by atoms with E-state index in [9.17, 15) is 0 Å². The predicted molar refractivity (Wildman–Crippen MR) is 124 cm³/mol. The molecule has 2 saturated heterocycles. The highest BCUT2D eigenvalue weighted by Gasteiger charge is 2.30. The van der Waals surface area contributed by atoms with Crippen molar-refractivity contribution in [1.29, 1.82) is 0 Å². The van der Waals surface area contributed by atoms with E-state index in [-0.39, 0.29) is 0 Å². The molecule has 5 nitrogen and oxygen atoms in total. The minimum atomic E-state index is 0.394. The molecule has 2 aliphatic rings. The summed E-state index contributed by atoms with van der Waals surface area (Å²) in [7, 11) is 4.10. The molecule has 0 bridgehead atoms. The zero-order valence-electron chi connectivity index (χ0n) is 18.3. The van der Waals surface area contributed by atoms with Crippen LogP contribution in [0.15, 0.2) is 29.3 Å². The van der Waals surface area contributed by atoms with E-state index in [4.69, 9.17) is 11.6 Å². The van der Waals surface area contributed by atoms with Crippen molar-refractivity contribution < 1.29 is 0 Å². The summed E-state index contributed by atoms with van der Waals surface area (Å²) >= 11 is 6.28. The maximum Gasteiger partial charge on any atom is 0.190 e. The number of nitrogens with one attached hydrogen (secondary N) is 2. The molecule has 29 heavy (non-hydrogen) atoms. The van der Waals surface area contributed by atoms with Gasteiger partial charge in [-0.05, 0) is 81.9 Å². The topological polar surface area (TPSA) is 42.9 Å². The Morgan fingerprint density at radius 3 is 2.79 bits per heavy atom. The molecule has 3 rings (SSSR count). The molecule has 0 saturated carbocycles. The fourth-order valence-electron chi connectivity index (χ4n) is 4.98. The Morgan fingerprint density at radius 2 is 2.03 bits per heavy atom. The lowest BCUT2D eigenvalue weighted by atomic mass is 9.85. The Labute approximate surface area is 181 Å². The lowest BCUT2D eigenvalue weighted by molar-refractivity contribution is 0.122. The van der Waals surface area contributed by atoms with E-state index >= 15 is 0 Å². The molecular formula is C23H38ClN5. The fraction of sp³-hybridized carbons (Fsp3) is 0.696. The van der Waals surface area contributed by atoms with Crippen LogP contribution in [0.1, 0.15) is 44.2 Å². The molecule has 6 heteroatoms. The molecule has 0 aliphatic carbocycles. The highest BCUT2D eigenvalue weighted by atomic mass is 35.5. The van der Waals surface area contributed by atoms with Gasteiger partial charge in [-0.15, -0.1) is 0 Å². The number of likely N-dealkylation sites (tertiary alicyclic amines) is 2. The number of halogens is 1. The summed E-state index contributed by atoms with van der Waals surface area (Å²) in [5.74, 6) is 2.19. The molecule has 3 unspecified atom stereocenters. The summed E-state index contributed by atoms with van der Waals surface area (Å²) in [5, 5.41) is 7.98. The van der Waals surface area contributed by atoms with Gasteiger partial charge in [-0.2, -0.15) is 0 Å². The van der Waals surface area contributed by atoms with Crippen LogP contribution < -0.4 is 10.6 Å². The maximum absolute atomic E-state index is 6.28. The minimum absolute atomic E-state index is 0.394. The van der Waals surface area contributed by atoms with Crippen molar-refractivity contribution in [2.24, 2.45) is 16.8 Å². The summed E-state index contributed by atoms with van der Waals surface area (Å²) < 4.78 is 0. The largest absolute Gasteiger partial charge is 0.356 e. The van der Waals surface area contributed by atoms with Crippen molar-refractivity contribution in [3.8, 4) is 0 Å². The molecule has 0 radical (unpaired) electrons. The zero-order valence-corrected chi connectivity index (χ0v) is 19.1. The van der Waals surface area contributed by atoms with Crippen molar-refractivity contribution in [3.05, 3.63) is 34.9 Å². The minimum Gasteiger partial charge on any atom is -0.356 e. The number of aliphatic imine (C=N–C) groups is 1. The van der Waals surface area contributed by atoms with Crippen molar-refractivity contribution in [2.75, 3.05) is 53.4 Å². The number of piperidine rings is 1. The van der Waals surface area contributed by atoms with Gasteiger partial charge in [0, 0.05) is 37.7 Å². The summed E-state index contributed by atoms with van der Waals surface area (Å²) in [6.07, 6.45) is 4.99. The molecule has 1 aromatic carbocycles. The highest BCUT2D eigenvalue weighted by molar-refractivity contribution is 6.30. The van der Waals surface area contributed by atoms with Gasteiger partial charge >= 0.3 is 0 Å². The number of rotatable bonds is 7. The molecule has 1 aromatic rings. The van der Waals surface area contributed by atoms with E-state index in [0.29, 0.717) is 12.0 Å². The Hall–Kier alpha value is -1.30. The molecular weight excluding hydrogens is 382 g/mol. The lowest BCUT2D eigenvalue weighted by Crippen LogP contribution is -2.46. The van der Waals surface area contributed by atoms with Crippen LogP contribution in [0, 0.1) is 11.8 Å². The summed E-state index contributed by atoms with van der Waals surface area (Å²) in [5.41, 5.74) is 1.32. The number of guanidine groups is 1. The van der Waals surface area contributed by atoms with Gasteiger partial charge in [-0.25, -0.2) is 0 Å². The second kappa shape index (κ2) is 11.2. The third-order valence-corrected chi connectivity index (χ3v) is 6.66. The van der Waals surface area contributed by atoms with Crippen molar-refractivity contribution in [3.63, 3.8) is 0 Å². The van der Waals surface area contributed by atoms with E-state index in [1.807, 2.05) is 13.1 Å². The number of hydrogen-bond acceptors (Lipinski definition) is 3. The van der Waals surface area contributed by atoms with Gasteiger partial charge in [0.05, 0.1) is 0 Å². The molecule has 2 fully saturated rings. The Balaban J connectivity index is 1.52. The first kappa shape index (κ1) is 22.4. The van der Waals surface area contributed by atoms with Crippen LogP contribution in [-0.4, -0.2) is 69.1 Å². The molecule has 0 amide bonds. The first-order chi connectivity index (χ1) is 14.1. The second-order valence-electron chi connectivity index (χ2n) is 8.67. The van der Waals surface area contributed by atoms with E-state index in [1.54, 1.807) is 0 Å². The molecule has 2 heterocycles. The van der Waals surface area contributed by atoms with Crippen LogP contribution in [0.2, 0.25) is 5.02 Å². The van der Waals surface area contributed by atoms with Crippen molar-refractivity contribution >= 4 is 17.6 Å². The van der Waals surface area contributed by atoms with Gasteiger partial charge < -0.3 is 15.5 Å². The number of benzene rings is 1. The molecule has 3 atom stereocenters. The standard InChI is InChI=1S/C23H38ClN5/c1-4-11-29-13-10-18(17-29)15-26-23(25-2)27-16-20-8-6-12-28(3)22(20)19-7-5-9-21(24)14-19/h5,7,9,14,18,20,22H,4,6,8,10-13,15-17H2,1-3H3,(H2,25,26,27). The first-order valence-corrected chi connectivity index (χ1v) is 11.6. The Kier molecular flexibility index (Phi) is 8.64. The molecule has 162 valence electrons. The highest BCUT2D eigenvalue weighted by Crippen LogP contribution is 2.35. The van der Waals surface area contributed by atoms with Gasteiger partial charge in [0.1, 0.15) is 0 Å². The van der Waals surface area contributed by atoms with Gasteiger partial charge in [-0.1, -0.05) is 30.7 Å². The van der Waals surface area contributed by atoms with Gasteiger partial charge in [0.2, 0.25) is 0 Å². The van der Waals surface area contributed by atoms with E-state index < -0.39 is 0 Å². The van der Waals surface area contributed by atoms with Gasteiger partial charge in [0.15, 0.2) is 5.96 Å². The third kappa shape index (κ3) is 6.34. The van der Waals surface area contributed by atoms with E-state index in [1.165, 1.54) is 50.9 Å². The first-order valence-electron chi connectivity index (χ1n) is 11.2. The second-order valence-corrected chi connectivity index (χ2v) is 9.11. The van der Waals surface area contributed by atoms with E-state index in [2.05, 4.69) is 57.6 Å². The monoisotopic (exact) mass is 419 g/mol. The summed E-state index contributed by atoms with van der Waals surface area (Å²) in [6, 6.07) is 8.74. The van der Waals surface area contributed by atoms with Gasteiger partial charge in [0.25, 0.3) is 0 Å². The van der Waals surface area contributed by atoms with Crippen LogP contribution in [0.25, 0.3) is 0 Å². The normalized spacial score (nSPS) is 26.6. The van der Waals surface area contributed by atoms with Crippen molar-refractivity contribution in [2.45, 2.75) is 38.6 Å². The van der Waals surface area contributed by atoms with Crippen molar-refractivity contribution in [1.82, 2.24) is 20.4 Å².